The number of ether oxygens (including phenoxy) is 1. The number of benzene rings is 1. The van der Waals surface area contributed by atoms with Gasteiger partial charge in [0.1, 0.15) is 12.3 Å². The van der Waals surface area contributed by atoms with Gasteiger partial charge in [0, 0.05) is 5.02 Å². The highest BCUT2D eigenvalue weighted by molar-refractivity contribution is 6.31. The van der Waals surface area contributed by atoms with Crippen molar-refractivity contribution in [2.75, 3.05) is 13.2 Å². The molecule has 154 valence electrons. The summed E-state index contributed by atoms with van der Waals surface area (Å²) in [5, 5.41) is 4.44. The van der Waals surface area contributed by atoms with Gasteiger partial charge < -0.3 is 14.5 Å². The van der Waals surface area contributed by atoms with Gasteiger partial charge in [-0.25, -0.2) is 9.78 Å². The van der Waals surface area contributed by atoms with Crippen LogP contribution in [0, 0.1) is 0 Å². The Kier molecular flexibility index (Phi) is 6.26. The van der Waals surface area contributed by atoms with Crippen molar-refractivity contribution in [1.82, 2.24) is 9.88 Å². The maximum Gasteiger partial charge on any atom is 0.433 e. The Bertz CT molecular complexity index is 934. The van der Waals surface area contributed by atoms with E-state index in [4.69, 9.17) is 21.2 Å². The van der Waals surface area contributed by atoms with Crippen LogP contribution in [0.3, 0.4) is 0 Å². The number of rotatable bonds is 6. The van der Waals surface area contributed by atoms with Gasteiger partial charge in [0.2, 0.25) is 0 Å². The van der Waals surface area contributed by atoms with E-state index in [0.29, 0.717) is 36.0 Å². The summed E-state index contributed by atoms with van der Waals surface area (Å²) < 4.78 is 43.0. The van der Waals surface area contributed by atoms with Crippen molar-refractivity contribution in [3.05, 3.63) is 63.9 Å². The Morgan fingerprint density at radius 3 is 2.83 bits per heavy atom. The Balaban J connectivity index is 1.67. The van der Waals surface area contributed by atoms with Crippen LogP contribution in [0.2, 0.25) is 5.02 Å². The lowest BCUT2D eigenvalue weighted by Crippen LogP contribution is -2.23. The average Bonchev–Trinajstić information content (AvgIpc) is 3.07. The number of cyclic esters (lactones) is 1. The number of alkyl halides is 3. The minimum atomic E-state index is -4.52. The van der Waals surface area contributed by atoms with E-state index in [9.17, 15) is 18.0 Å². The molecule has 0 saturated carbocycles. The maximum absolute atomic E-state index is 12.7. The molecule has 1 aliphatic rings. The number of aromatic nitrogens is 1. The highest BCUT2D eigenvalue weighted by Crippen LogP contribution is 2.27. The van der Waals surface area contributed by atoms with Gasteiger partial charge in [-0.3, -0.25) is 0 Å². The number of halogens is 4. The van der Waals surface area contributed by atoms with Crippen LogP contribution in [0.4, 0.5) is 18.0 Å². The van der Waals surface area contributed by atoms with Crippen LogP contribution in [-0.2, 0) is 28.9 Å². The van der Waals surface area contributed by atoms with Crippen molar-refractivity contribution in [3.8, 4) is 0 Å². The summed E-state index contributed by atoms with van der Waals surface area (Å²) >= 11 is 6.21. The third kappa shape index (κ3) is 5.38. The minimum Gasteiger partial charge on any atom is -0.448 e. The highest BCUT2D eigenvalue weighted by Gasteiger charge is 2.32. The molecular weight excluding hydrogens is 411 g/mol. The van der Waals surface area contributed by atoms with Gasteiger partial charge in [0.05, 0.1) is 24.5 Å². The van der Waals surface area contributed by atoms with Crippen LogP contribution in [0.15, 0.2) is 41.6 Å². The lowest BCUT2D eigenvalue weighted by atomic mass is 10.1. The topological polar surface area (TPSA) is 64.0 Å². The quantitative estimate of drug-likeness (QED) is 0.497. The van der Waals surface area contributed by atoms with Crippen molar-refractivity contribution in [2.45, 2.75) is 26.3 Å². The van der Waals surface area contributed by atoms with Crippen molar-refractivity contribution in [2.24, 2.45) is 5.16 Å². The molecule has 1 aromatic carbocycles. The van der Waals surface area contributed by atoms with Crippen LogP contribution < -0.4 is 0 Å². The number of carbonyl (C=O) groups excluding carboxylic acids is 1. The summed E-state index contributed by atoms with van der Waals surface area (Å²) in [6.07, 6.45) is -4.91. The second kappa shape index (κ2) is 8.69. The molecule has 0 bridgehead atoms. The van der Waals surface area contributed by atoms with Gasteiger partial charge in [-0.1, -0.05) is 28.9 Å². The second-order valence-corrected chi connectivity index (χ2v) is 6.71. The Hall–Kier alpha value is -2.81. The molecule has 0 unspecified atom stereocenters. The number of nitrogens with zero attached hydrogens (tertiary/aromatic N) is 3. The zero-order chi connectivity index (χ0) is 21.0. The SMILES string of the molecule is C/C(=N\OCc1cccc(C(F)(F)F)n1)c1ccc(Cl)c(CN2CCOC2=O)c1. The number of hydrogen-bond acceptors (Lipinski definition) is 5. The molecular formula is C19H17ClF3N3O3. The zero-order valence-electron chi connectivity index (χ0n) is 15.4. The summed E-state index contributed by atoms with van der Waals surface area (Å²) in [5.41, 5.74) is 1.05. The summed E-state index contributed by atoms with van der Waals surface area (Å²) in [7, 11) is 0. The molecule has 6 nitrogen and oxygen atoms in total. The number of amides is 1. The molecule has 2 aromatic rings. The molecule has 0 spiro atoms. The van der Waals surface area contributed by atoms with E-state index in [0.717, 1.165) is 11.6 Å². The Labute approximate surface area is 169 Å². The predicted octanol–water partition coefficient (Wildman–Crippen LogP) is 4.65. The Morgan fingerprint density at radius 2 is 2.14 bits per heavy atom. The first-order valence-corrected chi connectivity index (χ1v) is 9.02. The number of pyridine rings is 1. The molecule has 1 saturated heterocycles. The van der Waals surface area contributed by atoms with Gasteiger partial charge in [0.15, 0.2) is 6.61 Å². The molecule has 0 N–H and O–H groups in total. The van der Waals surface area contributed by atoms with Crippen molar-refractivity contribution < 1.29 is 27.5 Å². The van der Waals surface area contributed by atoms with Crippen molar-refractivity contribution >= 4 is 23.4 Å². The van der Waals surface area contributed by atoms with Crippen LogP contribution >= 0.6 is 11.6 Å². The maximum atomic E-state index is 12.7. The molecule has 1 amide bonds. The molecule has 1 fully saturated rings. The lowest BCUT2D eigenvalue weighted by molar-refractivity contribution is -0.141. The van der Waals surface area contributed by atoms with Gasteiger partial charge in [-0.05, 0) is 42.3 Å². The van der Waals surface area contributed by atoms with Crippen LogP contribution in [0.5, 0.6) is 0 Å². The fourth-order valence-electron chi connectivity index (χ4n) is 2.66. The highest BCUT2D eigenvalue weighted by atomic mass is 35.5. The van der Waals surface area contributed by atoms with E-state index in [-0.39, 0.29) is 12.3 Å². The van der Waals surface area contributed by atoms with Crippen LogP contribution in [-0.4, -0.2) is 34.8 Å². The molecule has 0 aliphatic carbocycles. The smallest absolute Gasteiger partial charge is 0.433 e. The summed E-state index contributed by atoms with van der Waals surface area (Å²) in [4.78, 5) is 21.8. The van der Waals surface area contributed by atoms with E-state index in [1.165, 1.54) is 17.0 Å². The molecule has 2 heterocycles. The zero-order valence-corrected chi connectivity index (χ0v) is 16.1. The molecule has 0 atom stereocenters. The van der Waals surface area contributed by atoms with Crippen LogP contribution in [0.25, 0.3) is 0 Å². The molecule has 29 heavy (non-hydrogen) atoms. The third-order valence-electron chi connectivity index (χ3n) is 4.18. The normalized spacial score (nSPS) is 14.9. The minimum absolute atomic E-state index is 0.112. The fraction of sp³-hybridized carbons (Fsp3) is 0.316. The van der Waals surface area contributed by atoms with Gasteiger partial charge >= 0.3 is 12.3 Å². The first-order chi connectivity index (χ1) is 13.7. The first-order valence-electron chi connectivity index (χ1n) is 8.64. The van der Waals surface area contributed by atoms with Gasteiger partial charge in [-0.2, -0.15) is 13.2 Å². The van der Waals surface area contributed by atoms with E-state index in [1.54, 1.807) is 25.1 Å². The van der Waals surface area contributed by atoms with E-state index in [2.05, 4.69) is 10.1 Å². The largest absolute Gasteiger partial charge is 0.448 e. The summed E-state index contributed by atoms with van der Waals surface area (Å²) in [6, 6.07) is 8.78. The fourth-order valence-corrected chi connectivity index (χ4v) is 2.84. The van der Waals surface area contributed by atoms with E-state index >= 15 is 0 Å². The van der Waals surface area contributed by atoms with Crippen LogP contribution in [0.1, 0.15) is 29.4 Å². The third-order valence-corrected chi connectivity index (χ3v) is 4.55. The average molecular weight is 428 g/mol. The lowest BCUT2D eigenvalue weighted by Gasteiger charge is -2.14. The second-order valence-electron chi connectivity index (χ2n) is 6.30. The molecule has 1 aromatic heterocycles. The van der Waals surface area contributed by atoms with E-state index < -0.39 is 18.0 Å². The van der Waals surface area contributed by atoms with Gasteiger partial charge in [0.25, 0.3) is 0 Å². The predicted molar refractivity (Wildman–Crippen MR) is 99.4 cm³/mol. The Morgan fingerprint density at radius 1 is 1.34 bits per heavy atom. The monoisotopic (exact) mass is 427 g/mol. The van der Waals surface area contributed by atoms with E-state index in [1.807, 2.05) is 0 Å². The summed E-state index contributed by atoms with van der Waals surface area (Å²) in [6.45, 7) is 2.61. The van der Waals surface area contributed by atoms with Gasteiger partial charge in [-0.15, -0.1) is 0 Å². The van der Waals surface area contributed by atoms with Crippen molar-refractivity contribution in [3.63, 3.8) is 0 Å². The summed E-state index contributed by atoms with van der Waals surface area (Å²) in [5.74, 6) is 0. The van der Waals surface area contributed by atoms with Crippen molar-refractivity contribution in [1.29, 1.82) is 0 Å². The number of oxime groups is 1. The first kappa shape index (κ1) is 20.9. The molecule has 0 radical (unpaired) electrons. The standard InChI is InChI=1S/C19H17ClF3N3O3/c1-12(25-29-11-15-3-2-4-17(24-15)19(21,22)23)13-5-6-16(20)14(9-13)10-26-7-8-28-18(26)27/h2-6,9H,7-8,10-11H2,1H3/b25-12+. The molecule has 3 rings (SSSR count). The number of carbonyl (C=O) groups is 1. The molecule has 10 heteroatoms. The number of hydrogen-bond donors (Lipinski definition) is 0. The molecule has 1 aliphatic heterocycles.